The number of furan rings is 1. The molecule has 4 aromatic rings. The molecule has 4 rings (SSSR count). The lowest BCUT2D eigenvalue weighted by Gasteiger charge is -2.14. The van der Waals surface area contributed by atoms with Gasteiger partial charge in [-0.3, -0.25) is 14.9 Å². The molecule has 2 amide bonds. The Morgan fingerprint density at radius 3 is 2.77 bits per heavy atom. The van der Waals surface area contributed by atoms with Gasteiger partial charge < -0.3 is 14.7 Å². The Labute approximate surface area is 182 Å². The van der Waals surface area contributed by atoms with E-state index >= 15 is 0 Å². The summed E-state index contributed by atoms with van der Waals surface area (Å²) in [7, 11) is 0. The summed E-state index contributed by atoms with van der Waals surface area (Å²) >= 11 is 1.26. The highest BCUT2D eigenvalue weighted by Crippen LogP contribution is 2.21. The summed E-state index contributed by atoms with van der Waals surface area (Å²) in [5, 5.41) is 7.82. The van der Waals surface area contributed by atoms with E-state index in [1.54, 1.807) is 23.7 Å². The van der Waals surface area contributed by atoms with E-state index < -0.39 is 0 Å². The smallest absolute Gasteiger partial charge is 0.293 e. The van der Waals surface area contributed by atoms with Crippen molar-refractivity contribution < 1.29 is 14.0 Å². The maximum absolute atomic E-state index is 12.6. The molecule has 0 aliphatic rings. The highest BCUT2D eigenvalue weighted by Gasteiger charge is 2.18. The van der Waals surface area contributed by atoms with Crippen LogP contribution in [-0.2, 0) is 11.2 Å². The van der Waals surface area contributed by atoms with Crippen LogP contribution in [0.3, 0.4) is 0 Å². The molecule has 0 saturated heterocycles. The summed E-state index contributed by atoms with van der Waals surface area (Å²) in [6.07, 6.45) is 4.00. The molecule has 0 fully saturated rings. The first-order chi connectivity index (χ1) is 15.1. The minimum absolute atomic E-state index is 0.107. The normalized spacial score (nSPS) is 11.8. The van der Waals surface area contributed by atoms with Gasteiger partial charge in [0.1, 0.15) is 5.82 Å². The van der Waals surface area contributed by atoms with Gasteiger partial charge >= 0.3 is 0 Å². The van der Waals surface area contributed by atoms with Crippen LogP contribution in [0.25, 0.3) is 11.3 Å². The first kappa shape index (κ1) is 20.5. The van der Waals surface area contributed by atoms with E-state index in [0.717, 1.165) is 11.3 Å². The maximum Gasteiger partial charge on any atom is 0.293 e. The summed E-state index contributed by atoms with van der Waals surface area (Å²) in [6.45, 7) is 1.99. The highest BCUT2D eigenvalue weighted by molar-refractivity contribution is 7.14. The molecule has 3 heterocycles. The number of imidazole rings is 1. The number of H-pyrrole nitrogens is 1. The molecule has 0 bridgehead atoms. The Morgan fingerprint density at radius 1 is 1.19 bits per heavy atom. The first-order valence-corrected chi connectivity index (χ1v) is 10.7. The fraction of sp³-hybridized carbons (Fsp3) is 0.182. The average Bonchev–Trinajstić information content (AvgIpc) is 3.54. The van der Waals surface area contributed by atoms with Crippen molar-refractivity contribution in [2.75, 3.05) is 5.32 Å². The van der Waals surface area contributed by atoms with Crippen molar-refractivity contribution in [3.8, 4) is 11.3 Å². The third kappa shape index (κ3) is 5.07. The number of benzene rings is 1. The zero-order valence-electron chi connectivity index (χ0n) is 16.8. The minimum atomic E-state index is -0.381. The monoisotopic (exact) mass is 435 g/mol. The third-order valence-corrected chi connectivity index (χ3v) is 5.42. The Kier molecular flexibility index (Phi) is 6.23. The van der Waals surface area contributed by atoms with Gasteiger partial charge in [0.05, 0.1) is 36.3 Å². The Bertz CT molecular complexity index is 1150. The minimum Gasteiger partial charge on any atom is -0.459 e. The predicted molar refractivity (Wildman–Crippen MR) is 118 cm³/mol. The molecule has 1 aromatic carbocycles. The van der Waals surface area contributed by atoms with Crippen LogP contribution in [0.1, 0.15) is 41.5 Å². The number of rotatable bonds is 8. The molecule has 3 N–H and O–H groups in total. The summed E-state index contributed by atoms with van der Waals surface area (Å²) in [5.41, 5.74) is 2.52. The fourth-order valence-electron chi connectivity index (χ4n) is 3.06. The molecule has 0 aliphatic heterocycles. The van der Waals surface area contributed by atoms with Crippen LogP contribution in [0.15, 0.2) is 64.7 Å². The lowest BCUT2D eigenvalue weighted by atomic mass is 10.2. The van der Waals surface area contributed by atoms with Gasteiger partial charge in [0.15, 0.2) is 10.9 Å². The summed E-state index contributed by atoms with van der Waals surface area (Å²) < 4.78 is 5.06. The SMILES string of the molecule is CCC(NC(=O)Cc1csc(NC(=O)c2ccco2)n1)c1ncc(-c2ccccc2)[nH]1. The Morgan fingerprint density at radius 2 is 2.03 bits per heavy atom. The van der Waals surface area contributed by atoms with Gasteiger partial charge in [-0.2, -0.15) is 0 Å². The van der Waals surface area contributed by atoms with Gasteiger partial charge in [0, 0.05) is 5.38 Å². The second-order valence-electron chi connectivity index (χ2n) is 6.83. The maximum atomic E-state index is 12.6. The standard InChI is InChI=1S/C22H21N5O3S/c1-2-16(20-23-12-17(26-20)14-7-4-3-5-8-14)25-19(28)11-15-13-31-22(24-15)27-21(29)18-9-6-10-30-18/h3-10,12-13,16H,2,11H2,1H3,(H,23,26)(H,25,28)(H,24,27,29). The lowest BCUT2D eigenvalue weighted by Crippen LogP contribution is -2.30. The van der Waals surface area contributed by atoms with Gasteiger partial charge in [0.2, 0.25) is 5.91 Å². The van der Waals surface area contributed by atoms with E-state index in [1.807, 2.05) is 37.3 Å². The fourth-order valence-corrected chi connectivity index (χ4v) is 3.77. The number of aromatic nitrogens is 3. The topological polar surface area (TPSA) is 113 Å². The van der Waals surface area contributed by atoms with Gasteiger partial charge in [-0.1, -0.05) is 37.3 Å². The van der Waals surface area contributed by atoms with Crippen LogP contribution in [0.2, 0.25) is 0 Å². The molecular formula is C22H21N5O3S. The molecule has 0 radical (unpaired) electrons. The van der Waals surface area contributed by atoms with Crippen molar-refractivity contribution in [1.29, 1.82) is 0 Å². The van der Waals surface area contributed by atoms with E-state index in [0.29, 0.717) is 23.1 Å². The molecule has 0 aliphatic carbocycles. The van der Waals surface area contributed by atoms with Crippen molar-refractivity contribution in [3.05, 3.63) is 77.6 Å². The van der Waals surface area contributed by atoms with E-state index in [-0.39, 0.29) is 30.0 Å². The van der Waals surface area contributed by atoms with Crippen LogP contribution in [-0.4, -0.2) is 26.8 Å². The molecule has 3 aromatic heterocycles. The molecule has 0 saturated carbocycles. The number of carbonyl (C=O) groups is 2. The molecule has 0 spiro atoms. The van der Waals surface area contributed by atoms with Gasteiger partial charge in [-0.25, -0.2) is 9.97 Å². The van der Waals surface area contributed by atoms with Crippen LogP contribution in [0, 0.1) is 0 Å². The van der Waals surface area contributed by atoms with Crippen molar-refractivity contribution in [2.45, 2.75) is 25.8 Å². The lowest BCUT2D eigenvalue weighted by molar-refractivity contribution is -0.121. The number of amides is 2. The van der Waals surface area contributed by atoms with Gasteiger partial charge in [-0.15, -0.1) is 11.3 Å². The first-order valence-electron chi connectivity index (χ1n) is 9.81. The largest absolute Gasteiger partial charge is 0.459 e. The molecule has 1 atom stereocenters. The number of thiazole rings is 1. The van der Waals surface area contributed by atoms with Gasteiger partial charge in [0.25, 0.3) is 5.91 Å². The summed E-state index contributed by atoms with van der Waals surface area (Å²) in [4.78, 5) is 36.6. The molecule has 9 heteroatoms. The molecular weight excluding hydrogens is 414 g/mol. The van der Waals surface area contributed by atoms with E-state index in [2.05, 4.69) is 25.6 Å². The number of hydrogen-bond acceptors (Lipinski definition) is 6. The van der Waals surface area contributed by atoms with Crippen LogP contribution < -0.4 is 10.6 Å². The van der Waals surface area contributed by atoms with Crippen LogP contribution in [0.5, 0.6) is 0 Å². The Hall–Kier alpha value is -3.72. The van der Waals surface area contributed by atoms with Crippen molar-refractivity contribution in [3.63, 3.8) is 0 Å². The summed E-state index contributed by atoms with van der Waals surface area (Å²) in [5.74, 6) is 0.361. The predicted octanol–water partition coefficient (Wildman–Crippen LogP) is 4.19. The number of hydrogen-bond donors (Lipinski definition) is 3. The zero-order valence-corrected chi connectivity index (χ0v) is 17.6. The van der Waals surface area contributed by atoms with Crippen LogP contribution in [0.4, 0.5) is 5.13 Å². The molecule has 158 valence electrons. The second kappa shape index (κ2) is 9.40. The average molecular weight is 436 g/mol. The quantitative estimate of drug-likeness (QED) is 0.384. The molecule has 8 nitrogen and oxygen atoms in total. The van der Waals surface area contributed by atoms with E-state index in [9.17, 15) is 9.59 Å². The number of nitrogens with zero attached hydrogens (tertiary/aromatic N) is 2. The third-order valence-electron chi connectivity index (χ3n) is 4.61. The molecule has 1 unspecified atom stereocenters. The van der Waals surface area contributed by atoms with Crippen molar-refractivity contribution in [1.82, 2.24) is 20.3 Å². The van der Waals surface area contributed by atoms with Gasteiger partial charge in [-0.05, 0) is 24.1 Å². The number of nitrogens with one attached hydrogen (secondary N) is 3. The Balaban J connectivity index is 1.35. The van der Waals surface area contributed by atoms with Crippen molar-refractivity contribution in [2.24, 2.45) is 0 Å². The molecule has 31 heavy (non-hydrogen) atoms. The summed E-state index contributed by atoms with van der Waals surface area (Å²) in [6, 6.07) is 12.9. The second-order valence-corrected chi connectivity index (χ2v) is 7.69. The highest BCUT2D eigenvalue weighted by atomic mass is 32.1. The number of carbonyl (C=O) groups excluding carboxylic acids is 2. The number of anilines is 1. The van der Waals surface area contributed by atoms with Crippen LogP contribution >= 0.6 is 11.3 Å². The number of aromatic amines is 1. The zero-order chi connectivity index (χ0) is 21.6. The van der Waals surface area contributed by atoms with E-state index in [1.165, 1.54) is 17.6 Å². The van der Waals surface area contributed by atoms with Crippen molar-refractivity contribution >= 4 is 28.3 Å². The van der Waals surface area contributed by atoms with E-state index in [4.69, 9.17) is 4.42 Å².